The Morgan fingerprint density at radius 3 is 2.11 bits per heavy atom. The topological polar surface area (TPSA) is 176 Å². The Kier molecular flexibility index (Phi) is 9.61. The van der Waals surface area contributed by atoms with Crippen LogP contribution in [0.2, 0.25) is 0 Å². The lowest BCUT2D eigenvalue weighted by molar-refractivity contribution is -0.163. The van der Waals surface area contributed by atoms with Gasteiger partial charge >= 0.3 is 5.97 Å². The number of aliphatic carboxylic acids is 1. The third kappa shape index (κ3) is 5.66. The predicted molar refractivity (Wildman–Crippen MR) is 130 cm³/mol. The molecule has 9 nitrogen and oxygen atoms in total. The first-order chi connectivity index (χ1) is 16.9. The van der Waals surface area contributed by atoms with Gasteiger partial charge in [-0.2, -0.15) is 0 Å². The van der Waals surface area contributed by atoms with E-state index in [1.54, 1.807) is 0 Å². The molecule has 36 heavy (non-hydrogen) atoms. The van der Waals surface area contributed by atoms with Gasteiger partial charge in [0, 0.05) is 6.42 Å². The normalized spacial score (nSPS) is 41.0. The molecule has 5 unspecified atom stereocenters. The number of carbonyl (C=O) groups excluding carboxylic acids is 1. The Morgan fingerprint density at radius 2 is 1.50 bits per heavy atom. The number of carboxylic acids is 1. The lowest BCUT2D eigenvalue weighted by atomic mass is 9.45. The summed E-state index contributed by atoms with van der Waals surface area (Å²) < 4.78 is 0. The van der Waals surface area contributed by atoms with Crippen molar-refractivity contribution in [3.63, 3.8) is 0 Å². The summed E-state index contributed by atoms with van der Waals surface area (Å²) >= 11 is 0. The first kappa shape index (κ1) is 29.5. The van der Waals surface area contributed by atoms with Crippen LogP contribution < -0.4 is 0 Å². The fourth-order valence-electron chi connectivity index (χ4n) is 8.66. The maximum absolute atomic E-state index is 10.1. The SMILES string of the molecule is C[C@]12CC[C@H]3[C@@H](CCC4CCCC[C@@]43C)[C@@H]1CC[C@@H]2CC(O)O.O=CC(O)C(O)C(O)C(O)C(=O)O. The van der Waals surface area contributed by atoms with Crippen LogP contribution in [0, 0.1) is 40.4 Å². The monoisotopic (exact) mass is 514 g/mol. The smallest absolute Gasteiger partial charge is 0.335 e. The van der Waals surface area contributed by atoms with Gasteiger partial charge in [0.2, 0.25) is 0 Å². The number of aliphatic hydroxyl groups is 6. The standard InChI is InChI=1S/C21H36O2.C6H10O7/c1-20-11-4-3-5-14(20)6-8-16-17-9-7-15(13-19(22)23)21(17,2)12-10-18(16)20;7-1-2(8)3(9)4(10)5(11)6(12)13/h14-19,22-23H,3-13H2,1-2H3;1-5,8-11H,(H,12,13)/t14?,15-,16+,17+,18+,20+,21-;/m1./s1. The van der Waals surface area contributed by atoms with Gasteiger partial charge < -0.3 is 40.5 Å². The summed E-state index contributed by atoms with van der Waals surface area (Å²) in [6.07, 6.45) is 5.22. The molecule has 4 aliphatic carbocycles. The molecule has 4 fully saturated rings. The Balaban J connectivity index is 0.000000240. The second-order valence-corrected chi connectivity index (χ2v) is 12.3. The second-order valence-electron chi connectivity index (χ2n) is 12.3. The van der Waals surface area contributed by atoms with Crippen molar-refractivity contribution in [1.82, 2.24) is 0 Å². The van der Waals surface area contributed by atoms with E-state index in [1.807, 2.05) is 0 Å². The Hall–Kier alpha value is -1.10. The van der Waals surface area contributed by atoms with Crippen LogP contribution in [0.4, 0.5) is 0 Å². The number of rotatable bonds is 7. The Labute approximate surface area is 213 Å². The van der Waals surface area contributed by atoms with E-state index in [9.17, 15) is 19.8 Å². The zero-order valence-corrected chi connectivity index (χ0v) is 21.6. The summed E-state index contributed by atoms with van der Waals surface area (Å²) in [6.45, 7) is 5.13. The molecule has 0 aliphatic heterocycles. The summed E-state index contributed by atoms with van der Waals surface area (Å²) in [7, 11) is 0. The molecule has 11 atom stereocenters. The minimum absolute atomic E-state index is 0.0809. The van der Waals surface area contributed by atoms with Crippen molar-refractivity contribution >= 4 is 12.3 Å². The number of hydrogen-bond acceptors (Lipinski definition) is 8. The first-order valence-electron chi connectivity index (χ1n) is 13.6. The van der Waals surface area contributed by atoms with Crippen LogP contribution in [0.15, 0.2) is 0 Å². The predicted octanol–water partition coefficient (Wildman–Crippen LogP) is 1.45. The van der Waals surface area contributed by atoms with Gasteiger partial charge in [0.15, 0.2) is 18.7 Å². The molecule has 0 amide bonds. The summed E-state index contributed by atoms with van der Waals surface area (Å²) in [6, 6.07) is 0. The lowest BCUT2D eigenvalue weighted by Crippen LogP contribution is -2.52. The van der Waals surface area contributed by atoms with Crippen molar-refractivity contribution in [2.45, 2.75) is 115 Å². The zero-order valence-electron chi connectivity index (χ0n) is 21.6. The Bertz CT molecular complexity index is 760. The van der Waals surface area contributed by atoms with Crippen molar-refractivity contribution in [2.24, 2.45) is 40.4 Å². The van der Waals surface area contributed by atoms with E-state index in [-0.39, 0.29) is 6.29 Å². The van der Waals surface area contributed by atoms with Gasteiger partial charge in [-0.05, 0) is 91.8 Å². The largest absolute Gasteiger partial charge is 0.479 e. The highest BCUT2D eigenvalue weighted by Gasteiger charge is 2.59. The third-order valence-corrected chi connectivity index (χ3v) is 10.7. The molecule has 0 heterocycles. The third-order valence-electron chi connectivity index (χ3n) is 10.7. The number of aliphatic hydroxyl groups excluding tert-OH is 5. The van der Waals surface area contributed by atoms with Crippen LogP contribution in [-0.2, 0) is 9.59 Å². The van der Waals surface area contributed by atoms with E-state index in [0.29, 0.717) is 23.2 Å². The van der Waals surface area contributed by atoms with Crippen LogP contribution in [0.3, 0.4) is 0 Å². The molecule has 0 spiro atoms. The molecule has 0 bridgehead atoms. The summed E-state index contributed by atoms with van der Waals surface area (Å²) in [5.41, 5.74) is 1.000. The molecule has 7 N–H and O–H groups in total. The van der Waals surface area contributed by atoms with Gasteiger partial charge in [0.05, 0.1) is 0 Å². The average molecular weight is 515 g/mol. The number of aldehydes is 1. The number of hydrogen-bond donors (Lipinski definition) is 7. The highest BCUT2D eigenvalue weighted by molar-refractivity contribution is 5.73. The van der Waals surface area contributed by atoms with Gasteiger partial charge in [0.25, 0.3) is 0 Å². The molecule has 0 aromatic rings. The fraction of sp³-hybridized carbons (Fsp3) is 0.926. The van der Waals surface area contributed by atoms with Gasteiger partial charge in [-0.3, -0.25) is 0 Å². The van der Waals surface area contributed by atoms with E-state index >= 15 is 0 Å². The lowest BCUT2D eigenvalue weighted by Gasteiger charge is -2.60. The molecule has 0 saturated heterocycles. The zero-order chi connectivity index (χ0) is 26.8. The van der Waals surface area contributed by atoms with E-state index in [4.69, 9.17) is 25.5 Å². The fourth-order valence-corrected chi connectivity index (χ4v) is 8.66. The molecule has 208 valence electrons. The number of fused-ring (bicyclic) bond motifs is 5. The maximum atomic E-state index is 10.1. The van der Waals surface area contributed by atoms with E-state index in [1.165, 1.54) is 64.2 Å². The minimum atomic E-state index is -2.25. The highest BCUT2D eigenvalue weighted by Crippen LogP contribution is 2.67. The summed E-state index contributed by atoms with van der Waals surface area (Å²) in [5.74, 6) is 2.50. The minimum Gasteiger partial charge on any atom is -0.479 e. The molecule has 0 radical (unpaired) electrons. The van der Waals surface area contributed by atoms with Gasteiger partial charge in [-0.1, -0.05) is 26.7 Å². The average Bonchev–Trinajstić information content (AvgIpc) is 3.17. The molecule has 0 aromatic heterocycles. The highest BCUT2D eigenvalue weighted by atomic mass is 16.5. The molecule has 0 aromatic carbocycles. The van der Waals surface area contributed by atoms with Crippen LogP contribution in [-0.4, -0.2) is 78.7 Å². The van der Waals surface area contributed by atoms with Crippen molar-refractivity contribution in [3.05, 3.63) is 0 Å². The summed E-state index contributed by atoms with van der Waals surface area (Å²) in [4.78, 5) is 20.0. The van der Waals surface area contributed by atoms with Crippen LogP contribution in [0.5, 0.6) is 0 Å². The second kappa shape index (κ2) is 11.7. The van der Waals surface area contributed by atoms with Crippen LogP contribution in [0.25, 0.3) is 0 Å². The molecule has 4 aliphatic rings. The first-order valence-corrected chi connectivity index (χ1v) is 13.6. The number of carboxylic acid groups (broad SMARTS) is 1. The summed E-state index contributed by atoms with van der Waals surface area (Å²) in [5, 5.41) is 62.2. The van der Waals surface area contributed by atoms with Crippen LogP contribution in [0.1, 0.15) is 84.5 Å². The molecular weight excluding hydrogens is 468 g/mol. The molecule has 9 heteroatoms. The molecule has 4 rings (SSSR count). The van der Waals surface area contributed by atoms with Gasteiger partial charge in [0.1, 0.15) is 18.3 Å². The Morgan fingerprint density at radius 1 is 0.833 bits per heavy atom. The number of carbonyl (C=O) groups is 2. The molecule has 4 saturated carbocycles. The van der Waals surface area contributed by atoms with E-state index < -0.39 is 36.7 Å². The van der Waals surface area contributed by atoms with Gasteiger partial charge in [-0.15, -0.1) is 0 Å². The van der Waals surface area contributed by atoms with E-state index in [2.05, 4.69) is 13.8 Å². The van der Waals surface area contributed by atoms with Crippen molar-refractivity contribution in [2.75, 3.05) is 0 Å². The maximum Gasteiger partial charge on any atom is 0.335 e. The van der Waals surface area contributed by atoms with E-state index in [0.717, 1.165) is 23.7 Å². The van der Waals surface area contributed by atoms with Crippen molar-refractivity contribution < 1.29 is 45.3 Å². The van der Waals surface area contributed by atoms with Gasteiger partial charge in [-0.25, -0.2) is 4.79 Å². The molecular formula is C27H46O9. The van der Waals surface area contributed by atoms with Crippen molar-refractivity contribution in [3.8, 4) is 0 Å². The quantitative estimate of drug-likeness (QED) is 0.196. The van der Waals surface area contributed by atoms with Crippen LogP contribution >= 0.6 is 0 Å². The van der Waals surface area contributed by atoms with Crippen molar-refractivity contribution in [1.29, 1.82) is 0 Å².